The highest BCUT2D eigenvalue weighted by molar-refractivity contribution is 5.81. The fraction of sp³-hybridized carbons (Fsp3) is 0.739. The monoisotopic (exact) mass is 403 g/mol. The standard InChI is InChI=1S/C23H41N5O/c1-6-13-27(14-7-2)21(18(3)4)16-25-23(24-5)26-20-12-15-28(17-20)22(29)19-10-8-9-11-19/h6-7,18-21H,1-2,8-17H2,3-5H3,(H2,24,25,26). The molecule has 1 saturated heterocycles. The van der Waals surface area contributed by atoms with Crippen molar-refractivity contribution in [2.75, 3.05) is 39.8 Å². The molecule has 2 rings (SSSR count). The number of amides is 1. The minimum absolute atomic E-state index is 0.263. The molecule has 0 aromatic heterocycles. The van der Waals surface area contributed by atoms with Crippen LogP contribution >= 0.6 is 0 Å². The van der Waals surface area contributed by atoms with E-state index in [2.05, 4.69) is 47.5 Å². The average molecular weight is 404 g/mol. The van der Waals surface area contributed by atoms with Crippen LogP contribution in [0.25, 0.3) is 0 Å². The molecule has 0 bridgehead atoms. The number of hydrogen-bond acceptors (Lipinski definition) is 3. The van der Waals surface area contributed by atoms with Crippen LogP contribution in [0.5, 0.6) is 0 Å². The van der Waals surface area contributed by atoms with Gasteiger partial charge in [-0.2, -0.15) is 0 Å². The van der Waals surface area contributed by atoms with Crippen molar-refractivity contribution in [1.82, 2.24) is 20.4 Å². The van der Waals surface area contributed by atoms with E-state index in [1.807, 2.05) is 17.1 Å². The largest absolute Gasteiger partial charge is 0.355 e. The van der Waals surface area contributed by atoms with Crippen molar-refractivity contribution in [3.8, 4) is 0 Å². The second-order valence-corrected chi connectivity index (χ2v) is 8.69. The number of guanidine groups is 1. The van der Waals surface area contributed by atoms with Gasteiger partial charge in [0.15, 0.2) is 5.96 Å². The molecule has 1 amide bonds. The van der Waals surface area contributed by atoms with Crippen LogP contribution in [0, 0.1) is 11.8 Å². The van der Waals surface area contributed by atoms with Gasteiger partial charge >= 0.3 is 0 Å². The summed E-state index contributed by atoms with van der Waals surface area (Å²) >= 11 is 0. The normalized spacial score (nSPS) is 21.6. The molecule has 1 aliphatic carbocycles. The molecule has 2 atom stereocenters. The Kier molecular flexibility index (Phi) is 9.71. The smallest absolute Gasteiger partial charge is 0.225 e. The van der Waals surface area contributed by atoms with E-state index in [1.54, 1.807) is 7.05 Å². The Morgan fingerprint density at radius 2 is 1.86 bits per heavy atom. The molecule has 2 N–H and O–H groups in total. The van der Waals surface area contributed by atoms with Crippen LogP contribution < -0.4 is 10.6 Å². The van der Waals surface area contributed by atoms with Crippen LogP contribution in [0.1, 0.15) is 46.0 Å². The number of aliphatic imine (C=N–C) groups is 1. The maximum Gasteiger partial charge on any atom is 0.225 e. The summed E-state index contributed by atoms with van der Waals surface area (Å²) in [4.78, 5) is 21.5. The molecule has 1 heterocycles. The van der Waals surface area contributed by atoms with Crippen molar-refractivity contribution in [2.24, 2.45) is 16.8 Å². The van der Waals surface area contributed by atoms with Gasteiger partial charge in [0.25, 0.3) is 0 Å². The van der Waals surface area contributed by atoms with Crippen LogP contribution in [-0.2, 0) is 4.79 Å². The van der Waals surface area contributed by atoms with Gasteiger partial charge in [0.1, 0.15) is 0 Å². The lowest BCUT2D eigenvalue weighted by molar-refractivity contribution is -0.134. The highest BCUT2D eigenvalue weighted by atomic mass is 16.2. The van der Waals surface area contributed by atoms with Crippen molar-refractivity contribution >= 4 is 11.9 Å². The van der Waals surface area contributed by atoms with Gasteiger partial charge in [-0.25, -0.2) is 0 Å². The SMILES string of the molecule is C=CCN(CC=C)C(CNC(=NC)NC1CCN(C(=O)C2CCCC2)C1)C(C)C. The average Bonchev–Trinajstić information content (AvgIpc) is 3.39. The lowest BCUT2D eigenvalue weighted by Crippen LogP contribution is -2.51. The van der Waals surface area contributed by atoms with Gasteiger partial charge in [-0.1, -0.05) is 38.8 Å². The third kappa shape index (κ3) is 6.88. The summed E-state index contributed by atoms with van der Waals surface area (Å²) in [6.07, 6.45) is 9.41. The molecule has 0 spiro atoms. The number of likely N-dealkylation sites (tertiary alicyclic amines) is 1. The van der Waals surface area contributed by atoms with Crippen LogP contribution in [-0.4, -0.2) is 73.5 Å². The molecule has 2 unspecified atom stereocenters. The van der Waals surface area contributed by atoms with Gasteiger partial charge in [-0.15, -0.1) is 13.2 Å². The summed E-state index contributed by atoms with van der Waals surface area (Å²) in [5.41, 5.74) is 0. The van der Waals surface area contributed by atoms with Crippen molar-refractivity contribution in [3.05, 3.63) is 25.3 Å². The Morgan fingerprint density at radius 3 is 2.41 bits per heavy atom. The van der Waals surface area contributed by atoms with E-state index in [-0.39, 0.29) is 12.0 Å². The first kappa shape index (κ1) is 23.5. The Morgan fingerprint density at radius 1 is 1.21 bits per heavy atom. The van der Waals surface area contributed by atoms with Crippen LogP contribution in [0.2, 0.25) is 0 Å². The van der Waals surface area contributed by atoms with Crippen LogP contribution in [0.3, 0.4) is 0 Å². The fourth-order valence-electron chi connectivity index (χ4n) is 4.56. The number of carbonyl (C=O) groups excluding carboxylic acids is 1. The summed E-state index contributed by atoms with van der Waals surface area (Å²) in [5, 5.41) is 7.02. The number of nitrogens with one attached hydrogen (secondary N) is 2. The zero-order chi connectivity index (χ0) is 21.2. The highest BCUT2D eigenvalue weighted by Gasteiger charge is 2.32. The van der Waals surface area contributed by atoms with Gasteiger partial charge in [0.2, 0.25) is 5.91 Å². The van der Waals surface area contributed by atoms with Gasteiger partial charge in [-0.05, 0) is 25.2 Å². The molecule has 29 heavy (non-hydrogen) atoms. The third-order valence-corrected chi connectivity index (χ3v) is 6.21. The van der Waals surface area contributed by atoms with E-state index in [4.69, 9.17) is 0 Å². The van der Waals surface area contributed by atoms with Gasteiger partial charge < -0.3 is 15.5 Å². The first-order valence-electron chi connectivity index (χ1n) is 11.2. The summed E-state index contributed by atoms with van der Waals surface area (Å²) in [6.45, 7) is 16.4. The minimum Gasteiger partial charge on any atom is -0.355 e. The number of rotatable bonds is 10. The molecule has 2 fully saturated rings. The molecule has 164 valence electrons. The Bertz CT molecular complexity index is 558. The summed E-state index contributed by atoms with van der Waals surface area (Å²) in [6, 6.07) is 0.620. The molecular weight excluding hydrogens is 362 g/mol. The summed E-state index contributed by atoms with van der Waals surface area (Å²) < 4.78 is 0. The molecule has 6 heteroatoms. The third-order valence-electron chi connectivity index (χ3n) is 6.21. The van der Waals surface area contributed by atoms with E-state index >= 15 is 0 Å². The second kappa shape index (κ2) is 12.0. The zero-order valence-corrected chi connectivity index (χ0v) is 18.7. The molecule has 0 aromatic rings. The van der Waals surface area contributed by atoms with E-state index in [0.29, 0.717) is 17.9 Å². The molecule has 1 saturated carbocycles. The van der Waals surface area contributed by atoms with Crippen LogP contribution in [0.4, 0.5) is 0 Å². The lowest BCUT2D eigenvalue weighted by Gasteiger charge is -2.33. The first-order chi connectivity index (χ1) is 14.0. The lowest BCUT2D eigenvalue weighted by atomic mass is 10.0. The molecule has 2 aliphatic rings. The zero-order valence-electron chi connectivity index (χ0n) is 18.7. The summed E-state index contributed by atoms with van der Waals surface area (Å²) in [7, 11) is 1.81. The Labute approximate surface area is 177 Å². The summed E-state index contributed by atoms with van der Waals surface area (Å²) in [5.74, 6) is 1.93. The molecule has 0 aromatic carbocycles. The van der Waals surface area contributed by atoms with Crippen molar-refractivity contribution in [3.63, 3.8) is 0 Å². The highest BCUT2D eigenvalue weighted by Crippen LogP contribution is 2.27. The number of hydrogen-bond donors (Lipinski definition) is 2. The van der Waals surface area contributed by atoms with Crippen molar-refractivity contribution < 1.29 is 4.79 Å². The van der Waals surface area contributed by atoms with E-state index in [0.717, 1.165) is 57.9 Å². The predicted molar refractivity (Wildman–Crippen MR) is 122 cm³/mol. The van der Waals surface area contributed by atoms with Gasteiger partial charge in [-0.3, -0.25) is 14.7 Å². The second-order valence-electron chi connectivity index (χ2n) is 8.69. The number of nitrogens with zero attached hydrogens (tertiary/aromatic N) is 3. The van der Waals surface area contributed by atoms with Gasteiger partial charge in [0, 0.05) is 57.8 Å². The maximum absolute atomic E-state index is 12.7. The first-order valence-corrected chi connectivity index (χ1v) is 11.2. The Hall–Kier alpha value is -1.82. The predicted octanol–water partition coefficient (Wildman–Crippen LogP) is 2.64. The molecular formula is C23H41N5O. The molecule has 0 radical (unpaired) electrons. The van der Waals surface area contributed by atoms with Crippen molar-refractivity contribution in [1.29, 1.82) is 0 Å². The van der Waals surface area contributed by atoms with E-state index < -0.39 is 0 Å². The van der Waals surface area contributed by atoms with E-state index in [1.165, 1.54) is 12.8 Å². The van der Waals surface area contributed by atoms with E-state index in [9.17, 15) is 4.79 Å². The quantitative estimate of drug-likeness (QED) is 0.334. The molecule has 1 aliphatic heterocycles. The minimum atomic E-state index is 0.263. The Balaban J connectivity index is 1.85. The maximum atomic E-state index is 12.7. The topological polar surface area (TPSA) is 60.0 Å². The molecule has 6 nitrogen and oxygen atoms in total. The fourth-order valence-corrected chi connectivity index (χ4v) is 4.56. The van der Waals surface area contributed by atoms with Gasteiger partial charge in [0.05, 0.1) is 0 Å². The van der Waals surface area contributed by atoms with Crippen LogP contribution in [0.15, 0.2) is 30.3 Å². The number of carbonyl (C=O) groups is 1. The van der Waals surface area contributed by atoms with Crippen molar-refractivity contribution in [2.45, 2.75) is 58.0 Å².